The van der Waals surface area contributed by atoms with Gasteiger partial charge in [0.1, 0.15) is 5.75 Å². The van der Waals surface area contributed by atoms with Crippen LogP contribution in [0.1, 0.15) is 99.9 Å². The molecule has 0 aliphatic heterocycles. The van der Waals surface area contributed by atoms with Gasteiger partial charge in [0.15, 0.2) is 5.78 Å². The standard InChI is InChI=1S/C27H36O2/c1-20(28)22-14-17-25-23(19-22)15-18-27(29-24-11-7-2-3-8-12-24)26(25)16-13-21-9-5-4-6-10-21/h14-15,17-19,21,24H,2-13,16H2,1H3. The van der Waals surface area contributed by atoms with Gasteiger partial charge in [-0.3, -0.25) is 4.79 Å². The predicted molar refractivity (Wildman–Crippen MR) is 121 cm³/mol. The fourth-order valence-electron chi connectivity index (χ4n) is 5.33. The zero-order chi connectivity index (χ0) is 20.1. The lowest BCUT2D eigenvalue weighted by molar-refractivity contribution is 0.101. The normalized spacial score (nSPS) is 19.2. The quantitative estimate of drug-likeness (QED) is 0.372. The van der Waals surface area contributed by atoms with Crippen molar-refractivity contribution in [2.45, 2.75) is 96.5 Å². The summed E-state index contributed by atoms with van der Waals surface area (Å²) in [4.78, 5) is 11.8. The van der Waals surface area contributed by atoms with Gasteiger partial charge < -0.3 is 4.74 Å². The molecule has 0 amide bonds. The average Bonchev–Trinajstić information content (AvgIpc) is 3.02. The second-order valence-corrected chi connectivity index (χ2v) is 9.31. The Morgan fingerprint density at radius 2 is 1.59 bits per heavy atom. The molecule has 4 rings (SSSR count). The Morgan fingerprint density at radius 3 is 2.31 bits per heavy atom. The first-order valence-corrected chi connectivity index (χ1v) is 11.9. The molecule has 2 aromatic carbocycles. The number of ether oxygens (including phenoxy) is 1. The zero-order valence-corrected chi connectivity index (χ0v) is 18.1. The zero-order valence-electron chi connectivity index (χ0n) is 18.1. The highest BCUT2D eigenvalue weighted by atomic mass is 16.5. The van der Waals surface area contributed by atoms with Crippen LogP contribution >= 0.6 is 0 Å². The van der Waals surface area contributed by atoms with Gasteiger partial charge in [0.2, 0.25) is 0 Å². The van der Waals surface area contributed by atoms with Crippen molar-refractivity contribution >= 4 is 16.6 Å². The van der Waals surface area contributed by atoms with E-state index in [-0.39, 0.29) is 5.78 Å². The molecule has 0 aromatic heterocycles. The number of carbonyl (C=O) groups is 1. The van der Waals surface area contributed by atoms with Gasteiger partial charge in [-0.1, -0.05) is 63.1 Å². The Hall–Kier alpha value is -1.83. The van der Waals surface area contributed by atoms with Crippen molar-refractivity contribution in [3.8, 4) is 5.75 Å². The summed E-state index contributed by atoms with van der Waals surface area (Å²) >= 11 is 0. The summed E-state index contributed by atoms with van der Waals surface area (Å²) in [5.74, 6) is 2.09. The fraction of sp³-hybridized carbons (Fsp3) is 0.593. The lowest BCUT2D eigenvalue weighted by Crippen LogP contribution is -2.16. The summed E-state index contributed by atoms with van der Waals surface area (Å²) in [5.41, 5.74) is 2.17. The summed E-state index contributed by atoms with van der Waals surface area (Å²) in [6.45, 7) is 1.65. The van der Waals surface area contributed by atoms with E-state index < -0.39 is 0 Å². The smallest absolute Gasteiger partial charge is 0.159 e. The van der Waals surface area contributed by atoms with Crippen molar-refractivity contribution < 1.29 is 9.53 Å². The van der Waals surface area contributed by atoms with Crippen molar-refractivity contribution in [1.29, 1.82) is 0 Å². The number of Topliss-reactive ketones (excluding diaryl/α,β-unsaturated/α-hetero) is 1. The minimum absolute atomic E-state index is 0.134. The van der Waals surface area contributed by atoms with Gasteiger partial charge >= 0.3 is 0 Å². The molecule has 0 saturated heterocycles. The van der Waals surface area contributed by atoms with E-state index in [1.807, 2.05) is 6.07 Å². The van der Waals surface area contributed by atoms with E-state index in [0.29, 0.717) is 6.10 Å². The topological polar surface area (TPSA) is 26.3 Å². The molecule has 0 N–H and O–H groups in total. The van der Waals surface area contributed by atoms with Crippen molar-refractivity contribution in [3.63, 3.8) is 0 Å². The maximum absolute atomic E-state index is 11.8. The molecule has 0 bridgehead atoms. The van der Waals surface area contributed by atoms with Crippen LogP contribution in [0.3, 0.4) is 0 Å². The second-order valence-electron chi connectivity index (χ2n) is 9.31. The van der Waals surface area contributed by atoms with Crippen LogP contribution in [0.5, 0.6) is 5.75 Å². The van der Waals surface area contributed by atoms with Gasteiger partial charge in [0.25, 0.3) is 0 Å². The number of hydrogen-bond acceptors (Lipinski definition) is 2. The van der Waals surface area contributed by atoms with Crippen molar-refractivity contribution in [1.82, 2.24) is 0 Å². The highest BCUT2D eigenvalue weighted by molar-refractivity contribution is 5.99. The van der Waals surface area contributed by atoms with Crippen LogP contribution in [-0.2, 0) is 6.42 Å². The van der Waals surface area contributed by atoms with Gasteiger partial charge in [-0.2, -0.15) is 0 Å². The number of hydrogen-bond donors (Lipinski definition) is 0. The third-order valence-corrected chi connectivity index (χ3v) is 7.12. The number of carbonyl (C=O) groups excluding carboxylic acids is 1. The van der Waals surface area contributed by atoms with Crippen LogP contribution in [0, 0.1) is 5.92 Å². The van der Waals surface area contributed by atoms with E-state index in [1.165, 1.54) is 93.4 Å². The summed E-state index contributed by atoms with van der Waals surface area (Å²) in [6, 6.07) is 10.5. The summed E-state index contributed by atoms with van der Waals surface area (Å²) in [7, 11) is 0. The van der Waals surface area contributed by atoms with Crippen molar-refractivity contribution in [2.75, 3.05) is 0 Å². The lowest BCUT2D eigenvalue weighted by atomic mass is 9.84. The Bertz CT molecular complexity index is 824. The first kappa shape index (κ1) is 20.4. The van der Waals surface area contributed by atoms with E-state index >= 15 is 0 Å². The van der Waals surface area contributed by atoms with Crippen LogP contribution in [0.2, 0.25) is 0 Å². The molecule has 156 valence electrons. The Balaban J connectivity index is 1.62. The van der Waals surface area contributed by atoms with Gasteiger partial charge in [-0.25, -0.2) is 0 Å². The summed E-state index contributed by atoms with van der Waals surface area (Å²) in [6.07, 6.45) is 17.3. The van der Waals surface area contributed by atoms with E-state index in [9.17, 15) is 4.79 Å². The summed E-state index contributed by atoms with van der Waals surface area (Å²) < 4.78 is 6.63. The molecule has 29 heavy (non-hydrogen) atoms. The summed E-state index contributed by atoms with van der Waals surface area (Å²) in [5, 5.41) is 2.45. The van der Waals surface area contributed by atoms with Gasteiger partial charge in [-0.15, -0.1) is 0 Å². The van der Waals surface area contributed by atoms with Gasteiger partial charge in [0.05, 0.1) is 6.10 Å². The predicted octanol–water partition coefficient (Wildman–Crippen LogP) is 7.66. The maximum atomic E-state index is 11.8. The number of benzene rings is 2. The molecule has 2 aliphatic carbocycles. The van der Waals surface area contributed by atoms with E-state index in [4.69, 9.17) is 4.74 Å². The maximum Gasteiger partial charge on any atom is 0.159 e. The molecule has 0 atom stereocenters. The van der Waals surface area contributed by atoms with Crippen LogP contribution in [0.25, 0.3) is 10.8 Å². The van der Waals surface area contributed by atoms with E-state index in [1.54, 1.807) is 6.92 Å². The molecule has 2 heteroatoms. The van der Waals surface area contributed by atoms with E-state index in [0.717, 1.165) is 23.7 Å². The highest BCUT2D eigenvalue weighted by Gasteiger charge is 2.19. The molecular formula is C27H36O2. The molecule has 2 aliphatic rings. The monoisotopic (exact) mass is 392 g/mol. The van der Waals surface area contributed by atoms with Crippen LogP contribution < -0.4 is 4.74 Å². The van der Waals surface area contributed by atoms with Gasteiger partial charge in [0, 0.05) is 11.1 Å². The molecule has 2 nitrogen and oxygen atoms in total. The third-order valence-electron chi connectivity index (χ3n) is 7.12. The van der Waals surface area contributed by atoms with Crippen LogP contribution in [-0.4, -0.2) is 11.9 Å². The second kappa shape index (κ2) is 9.78. The molecule has 0 unspecified atom stereocenters. The lowest BCUT2D eigenvalue weighted by Gasteiger charge is -2.24. The largest absolute Gasteiger partial charge is 0.490 e. The minimum Gasteiger partial charge on any atom is -0.490 e. The molecule has 0 heterocycles. The SMILES string of the molecule is CC(=O)c1ccc2c(CCC3CCCCC3)c(OC3CCCCCC3)ccc2c1. The Kier molecular flexibility index (Phi) is 6.90. The third kappa shape index (κ3) is 5.21. The highest BCUT2D eigenvalue weighted by Crippen LogP contribution is 2.35. The Morgan fingerprint density at radius 1 is 0.897 bits per heavy atom. The fourth-order valence-corrected chi connectivity index (χ4v) is 5.33. The molecule has 2 saturated carbocycles. The number of ketones is 1. The van der Waals surface area contributed by atoms with Crippen LogP contribution in [0.15, 0.2) is 30.3 Å². The van der Waals surface area contributed by atoms with E-state index in [2.05, 4.69) is 24.3 Å². The molecule has 0 radical (unpaired) electrons. The molecule has 0 spiro atoms. The van der Waals surface area contributed by atoms with Gasteiger partial charge in [-0.05, 0) is 74.3 Å². The van der Waals surface area contributed by atoms with Crippen LogP contribution in [0.4, 0.5) is 0 Å². The number of aryl methyl sites for hydroxylation is 1. The van der Waals surface area contributed by atoms with Crippen molar-refractivity contribution in [2.24, 2.45) is 5.92 Å². The Labute approximate surface area is 176 Å². The average molecular weight is 393 g/mol. The number of rotatable bonds is 6. The minimum atomic E-state index is 0.134. The molecule has 2 aromatic rings. The van der Waals surface area contributed by atoms with Crippen molar-refractivity contribution in [3.05, 3.63) is 41.5 Å². The first-order chi connectivity index (χ1) is 14.2. The molecule has 2 fully saturated rings. The number of fused-ring (bicyclic) bond motifs is 1. The molecular weight excluding hydrogens is 356 g/mol. The first-order valence-electron chi connectivity index (χ1n) is 11.9.